The zero-order chi connectivity index (χ0) is 34.8. The van der Waals surface area contributed by atoms with E-state index in [4.69, 9.17) is 16.3 Å². The molecule has 0 saturated heterocycles. The number of aliphatic imine (C=N–C) groups is 1. The molecule has 2 heterocycles. The van der Waals surface area contributed by atoms with Gasteiger partial charge in [0.25, 0.3) is 11.4 Å². The first kappa shape index (κ1) is 33.3. The lowest BCUT2D eigenvalue weighted by Crippen LogP contribution is -2.13. The van der Waals surface area contributed by atoms with Crippen LogP contribution in [0.5, 0.6) is 0 Å². The van der Waals surface area contributed by atoms with Gasteiger partial charge in [0.1, 0.15) is 12.4 Å². The van der Waals surface area contributed by atoms with Crippen LogP contribution in [0.3, 0.4) is 0 Å². The Balaban J connectivity index is 1.29. The topological polar surface area (TPSA) is 180 Å². The van der Waals surface area contributed by atoms with Crippen LogP contribution in [0.2, 0.25) is 5.02 Å². The number of ether oxygens (including phenoxy) is 1. The number of esters is 1. The molecule has 1 aromatic heterocycles. The van der Waals surface area contributed by atoms with Crippen molar-refractivity contribution in [1.29, 1.82) is 0 Å². The van der Waals surface area contributed by atoms with Gasteiger partial charge in [-0.15, -0.1) is 0 Å². The first-order chi connectivity index (χ1) is 23.5. The Morgan fingerprint density at radius 3 is 2.22 bits per heavy atom. The predicted octanol–water partition coefficient (Wildman–Crippen LogP) is 7.69. The highest BCUT2D eigenvalue weighted by Crippen LogP contribution is 2.42. The van der Waals surface area contributed by atoms with Crippen molar-refractivity contribution in [3.05, 3.63) is 150 Å². The maximum atomic E-state index is 14.9. The second-order valence-electron chi connectivity index (χ2n) is 10.2. The Morgan fingerprint density at radius 1 is 0.918 bits per heavy atom. The molecule has 6 rings (SSSR count). The number of rotatable bonds is 10. The van der Waals surface area contributed by atoms with Crippen LogP contribution in [-0.4, -0.2) is 42.2 Å². The molecule has 0 unspecified atom stereocenters. The van der Waals surface area contributed by atoms with E-state index in [2.05, 4.69) is 9.98 Å². The molecule has 0 atom stereocenters. The molecule has 0 spiro atoms. The molecule has 49 heavy (non-hydrogen) atoms. The molecular formula is C32H19ClFN5O8S2. The van der Waals surface area contributed by atoms with E-state index in [0.29, 0.717) is 27.7 Å². The lowest BCUT2D eigenvalue weighted by molar-refractivity contribution is -0.385. The number of carbonyl (C=O) groups excluding carboxylic acids is 1. The summed E-state index contributed by atoms with van der Waals surface area (Å²) >= 11 is 6.34. The molecule has 17 heteroatoms. The predicted molar refractivity (Wildman–Crippen MR) is 178 cm³/mol. The van der Waals surface area contributed by atoms with E-state index in [-0.39, 0.29) is 51.1 Å². The minimum atomic E-state index is -1.40. The zero-order valence-corrected chi connectivity index (χ0v) is 27.0. The Hall–Kier alpha value is -5.58. The molecule has 0 saturated carbocycles. The van der Waals surface area contributed by atoms with E-state index >= 15 is 0 Å². The van der Waals surface area contributed by atoms with Crippen molar-refractivity contribution in [3.63, 3.8) is 0 Å². The van der Waals surface area contributed by atoms with Gasteiger partial charge in [0.15, 0.2) is 5.82 Å². The average Bonchev–Trinajstić information content (AvgIpc) is 3.41. The smallest absolute Gasteiger partial charge is 0.340 e. The minimum Gasteiger partial charge on any atom is -0.478 e. The van der Waals surface area contributed by atoms with Crippen LogP contribution in [0.1, 0.15) is 43.4 Å². The molecule has 4 aromatic carbocycles. The molecule has 0 aliphatic carbocycles. The summed E-state index contributed by atoms with van der Waals surface area (Å²) in [4.78, 5) is 56.0. The molecule has 0 bridgehead atoms. The molecule has 1 N–H and O–H groups in total. The molecule has 5 aromatic rings. The molecule has 0 fully saturated rings. The summed E-state index contributed by atoms with van der Waals surface area (Å²) in [6, 6.07) is 18.1. The standard InChI is InChI=1S/C32H19ClFN5O8S2/c33-17-5-8-26-22(11-17)30(21-3-1-2-4-25(21)34)36-15-20-14-35-29(37(20)26)16-47-32(42)24-13-19(39(45)46)7-10-28(24)49-48-27-9-6-18(38(43)44)12-23(27)31(40)41/h1-14H,15-16H2,(H,40,41). The molecule has 0 amide bonds. The third kappa shape index (κ3) is 6.87. The number of hydrogen-bond donors (Lipinski definition) is 1. The van der Waals surface area contributed by atoms with Crippen LogP contribution < -0.4 is 0 Å². The van der Waals surface area contributed by atoms with Crippen LogP contribution in [0.15, 0.2) is 99.8 Å². The van der Waals surface area contributed by atoms with Gasteiger partial charge in [-0.25, -0.2) is 19.0 Å². The first-order valence-corrected chi connectivity index (χ1v) is 16.5. The number of nitro benzene ring substituents is 2. The summed E-state index contributed by atoms with van der Waals surface area (Å²) in [5.74, 6) is -2.52. The minimum absolute atomic E-state index is 0.112. The Kier molecular flexibility index (Phi) is 9.44. The van der Waals surface area contributed by atoms with E-state index in [1.807, 2.05) is 0 Å². The molecule has 1 aliphatic heterocycles. The van der Waals surface area contributed by atoms with Gasteiger partial charge >= 0.3 is 11.9 Å². The van der Waals surface area contributed by atoms with E-state index in [1.165, 1.54) is 24.3 Å². The Morgan fingerprint density at radius 2 is 1.57 bits per heavy atom. The quantitative estimate of drug-likeness (QED) is 0.0647. The van der Waals surface area contributed by atoms with Crippen molar-refractivity contribution in [3.8, 4) is 5.69 Å². The van der Waals surface area contributed by atoms with Gasteiger partial charge < -0.3 is 9.84 Å². The molecule has 1 aliphatic rings. The van der Waals surface area contributed by atoms with Crippen molar-refractivity contribution in [2.75, 3.05) is 0 Å². The van der Waals surface area contributed by atoms with Crippen LogP contribution in [0.25, 0.3) is 5.69 Å². The van der Waals surface area contributed by atoms with Crippen molar-refractivity contribution in [2.24, 2.45) is 4.99 Å². The summed E-state index contributed by atoms with van der Waals surface area (Å²) in [5, 5.41) is 32.7. The lowest BCUT2D eigenvalue weighted by atomic mass is 10.00. The number of carbonyl (C=O) groups is 2. The number of aromatic nitrogens is 2. The highest BCUT2D eigenvalue weighted by atomic mass is 35.5. The number of carboxylic acids is 1. The number of aromatic carboxylic acids is 1. The van der Waals surface area contributed by atoms with Crippen LogP contribution in [-0.2, 0) is 17.9 Å². The Labute approximate surface area is 288 Å². The van der Waals surface area contributed by atoms with Crippen molar-refractivity contribution >= 4 is 62.2 Å². The SMILES string of the molecule is O=C(O)c1cc([N+](=O)[O-])ccc1SSc1ccc([N+](=O)[O-])cc1C(=O)OCc1ncc2n1-c1ccc(Cl)cc1C(c1ccccc1F)=NC2. The van der Waals surface area contributed by atoms with E-state index in [1.54, 1.807) is 47.2 Å². The van der Waals surface area contributed by atoms with Gasteiger partial charge in [-0.1, -0.05) is 45.3 Å². The summed E-state index contributed by atoms with van der Waals surface area (Å²) in [5.41, 5.74) is 1.02. The van der Waals surface area contributed by atoms with E-state index < -0.39 is 33.3 Å². The van der Waals surface area contributed by atoms with Crippen molar-refractivity contribution in [1.82, 2.24) is 9.55 Å². The van der Waals surface area contributed by atoms with E-state index in [9.17, 15) is 39.3 Å². The van der Waals surface area contributed by atoms with Gasteiger partial charge in [-0.3, -0.25) is 29.8 Å². The summed E-state index contributed by atoms with van der Waals surface area (Å²) in [6.07, 6.45) is 1.55. The van der Waals surface area contributed by atoms with Crippen molar-refractivity contribution in [2.45, 2.75) is 22.9 Å². The zero-order valence-electron chi connectivity index (χ0n) is 24.6. The second-order valence-corrected chi connectivity index (χ2v) is 12.9. The maximum absolute atomic E-state index is 14.9. The average molecular weight is 720 g/mol. The fourth-order valence-corrected chi connectivity index (χ4v) is 7.47. The summed E-state index contributed by atoms with van der Waals surface area (Å²) in [6.45, 7) is -0.262. The molecule has 0 radical (unpaired) electrons. The normalized spacial score (nSPS) is 11.9. The fourth-order valence-electron chi connectivity index (χ4n) is 4.99. The van der Waals surface area contributed by atoms with Gasteiger partial charge in [0, 0.05) is 50.2 Å². The maximum Gasteiger partial charge on any atom is 0.340 e. The van der Waals surface area contributed by atoms with Gasteiger partial charge in [0.05, 0.1) is 50.8 Å². The fraction of sp³-hybridized carbons (Fsp3) is 0.0625. The molecule has 13 nitrogen and oxygen atoms in total. The Bertz CT molecular complexity index is 2230. The first-order valence-electron chi connectivity index (χ1n) is 14.0. The third-order valence-corrected chi connectivity index (χ3v) is 9.96. The number of benzene rings is 4. The number of imidazole rings is 1. The number of nitrogens with zero attached hydrogens (tertiary/aromatic N) is 5. The van der Waals surface area contributed by atoms with Gasteiger partial charge in [-0.2, -0.15) is 0 Å². The molecular weight excluding hydrogens is 701 g/mol. The highest BCUT2D eigenvalue weighted by Gasteiger charge is 2.26. The summed E-state index contributed by atoms with van der Waals surface area (Å²) < 4.78 is 22.2. The second kappa shape index (κ2) is 13.9. The largest absolute Gasteiger partial charge is 0.478 e. The number of nitro groups is 2. The number of hydrogen-bond acceptors (Lipinski definition) is 11. The number of halogens is 2. The van der Waals surface area contributed by atoms with Gasteiger partial charge in [-0.05, 0) is 42.5 Å². The van der Waals surface area contributed by atoms with Crippen LogP contribution in [0, 0.1) is 26.0 Å². The summed E-state index contributed by atoms with van der Waals surface area (Å²) in [7, 11) is 1.81. The number of fused-ring (bicyclic) bond motifs is 3. The van der Waals surface area contributed by atoms with Crippen LogP contribution in [0.4, 0.5) is 15.8 Å². The molecule has 246 valence electrons. The van der Waals surface area contributed by atoms with Crippen LogP contribution >= 0.6 is 33.2 Å². The van der Waals surface area contributed by atoms with E-state index in [0.717, 1.165) is 39.8 Å². The number of carboxylic acid groups (broad SMARTS) is 1. The third-order valence-electron chi connectivity index (χ3n) is 7.24. The number of non-ortho nitro benzene ring substituents is 2. The monoisotopic (exact) mass is 719 g/mol. The lowest BCUT2D eigenvalue weighted by Gasteiger charge is -2.15. The van der Waals surface area contributed by atoms with Gasteiger partial charge in [0.2, 0.25) is 0 Å². The highest BCUT2D eigenvalue weighted by molar-refractivity contribution is 8.76. The van der Waals surface area contributed by atoms with Crippen molar-refractivity contribution < 1.29 is 33.7 Å².